The van der Waals surface area contributed by atoms with Crippen molar-refractivity contribution in [2.45, 2.75) is 6.92 Å². The summed E-state index contributed by atoms with van der Waals surface area (Å²) in [4.78, 5) is 0. The molecule has 0 atom stereocenters. The maximum Gasteiger partial charge on any atom is 0.168 e. The van der Waals surface area contributed by atoms with Gasteiger partial charge >= 0.3 is 0 Å². The summed E-state index contributed by atoms with van der Waals surface area (Å²) in [6.07, 6.45) is 0. The van der Waals surface area contributed by atoms with Gasteiger partial charge in [0.25, 0.3) is 0 Å². The summed E-state index contributed by atoms with van der Waals surface area (Å²) in [6.45, 7) is 2.05. The fraction of sp³-hybridized carbons (Fsp3) is 0.231. The Balaban J connectivity index is 2.61. The molecule has 2 aromatic rings. The van der Waals surface area contributed by atoms with Gasteiger partial charge in [0.1, 0.15) is 0 Å². The lowest BCUT2D eigenvalue weighted by Crippen LogP contribution is -1.93. The minimum atomic E-state index is 0.755. The Kier molecular flexibility index (Phi) is 3.15. The Labute approximate surface area is 99.5 Å². The Morgan fingerprint density at radius 1 is 1.12 bits per heavy atom. The van der Waals surface area contributed by atoms with Crippen molar-refractivity contribution in [1.29, 1.82) is 0 Å². The zero-order chi connectivity index (χ0) is 11.5. The molecule has 1 aromatic carbocycles. The Bertz CT molecular complexity index is 488. The van der Waals surface area contributed by atoms with Gasteiger partial charge in [-0.2, -0.15) is 0 Å². The lowest BCUT2D eigenvalue weighted by atomic mass is 10.0. The van der Waals surface area contributed by atoms with Crippen LogP contribution in [0.15, 0.2) is 23.6 Å². The van der Waals surface area contributed by atoms with Crippen LogP contribution in [0.4, 0.5) is 0 Å². The Morgan fingerprint density at radius 2 is 1.94 bits per heavy atom. The summed E-state index contributed by atoms with van der Waals surface area (Å²) in [5.41, 5.74) is 3.34. The highest BCUT2D eigenvalue weighted by molar-refractivity contribution is 7.07. The van der Waals surface area contributed by atoms with E-state index in [1.54, 1.807) is 25.6 Å². The van der Waals surface area contributed by atoms with Gasteiger partial charge in [-0.25, -0.2) is 0 Å². The van der Waals surface area contributed by atoms with Crippen LogP contribution in [-0.2, 0) is 0 Å². The smallest absolute Gasteiger partial charge is 0.168 e. The van der Waals surface area contributed by atoms with Gasteiger partial charge in [0.05, 0.1) is 14.2 Å². The molecule has 0 saturated heterocycles. The largest absolute Gasteiger partial charge is 0.493 e. The van der Waals surface area contributed by atoms with Crippen molar-refractivity contribution in [1.82, 2.24) is 0 Å². The van der Waals surface area contributed by atoms with E-state index >= 15 is 0 Å². The highest BCUT2D eigenvalue weighted by Crippen LogP contribution is 2.39. The summed E-state index contributed by atoms with van der Waals surface area (Å²) in [5, 5.41) is 5.28. The Morgan fingerprint density at radius 3 is 2.50 bits per heavy atom. The lowest BCUT2D eigenvalue weighted by Gasteiger charge is -2.12. The van der Waals surface area contributed by atoms with Crippen molar-refractivity contribution in [3.05, 3.63) is 34.5 Å². The molecule has 3 heteroatoms. The van der Waals surface area contributed by atoms with E-state index in [0.717, 1.165) is 28.2 Å². The normalized spacial score (nSPS) is 10.2. The van der Waals surface area contributed by atoms with Crippen LogP contribution in [0.25, 0.3) is 11.1 Å². The Hall–Kier alpha value is -1.48. The predicted octanol–water partition coefficient (Wildman–Crippen LogP) is 3.54. The van der Waals surface area contributed by atoms with Gasteiger partial charge in [0, 0.05) is 10.9 Å². The van der Waals surface area contributed by atoms with Crippen molar-refractivity contribution >= 4 is 11.3 Å². The molecule has 0 bridgehead atoms. The third kappa shape index (κ3) is 1.78. The van der Waals surface area contributed by atoms with E-state index in [1.807, 2.05) is 25.1 Å². The molecule has 1 radical (unpaired) electrons. The molecule has 2 nitrogen and oxygen atoms in total. The van der Waals surface area contributed by atoms with E-state index in [9.17, 15) is 0 Å². The summed E-state index contributed by atoms with van der Waals surface area (Å²) < 4.78 is 10.7. The van der Waals surface area contributed by atoms with Gasteiger partial charge in [-0.3, -0.25) is 0 Å². The first-order valence-electron chi connectivity index (χ1n) is 4.95. The van der Waals surface area contributed by atoms with Crippen LogP contribution >= 0.6 is 11.3 Å². The van der Waals surface area contributed by atoms with Crippen LogP contribution in [-0.4, -0.2) is 14.2 Å². The summed E-state index contributed by atoms with van der Waals surface area (Å²) in [7, 11) is 3.31. The summed E-state index contributed by atoms with van der Waals surface area (Å²) in [5.74, 6) is 1.53. The van der Waals surface area contributed by atoms with Gasteiger partial charge in [-0.05, 0) is 29.5 Å². The second-order valence-electron chi connectivity index (χ2n) is 3.42. The standard InChI is InChI=1S/C13H13O2S/c1-9-7-16-8-11(9)10-5-4-6-12(14-2)13(10)15-3/h4-6,8H,1-3H3. The number of rotatable bonds is 3. The van der Waals surface area contributed by atoms with Gasteiger partial charge in [0.15, 0.2) is 11.5 Å². The topological polar surface area (TPSA) is 18.5 Å². The molecule has 0 unspecified atom stereocenters. The molecular weight excluding hydrogens is 220 g/mol. The number of thiophene rings is 1. The predicted molar refractivity (Wildman–Crippen MR) is 66.4 cm³/mol. The van der Waals surface area contributed by atoms with Crippen LogP contribution in [0.3, 0.4) is 0 Å². The molecule has 83 valence electrons. The maximum absolute atomic E-state index is 5.41. The first-order chi connectivity index (χ1) is 7.77. The number of ether oxygens (including phenoxy) is 2. The number of hydrogen-bond donors (Lipinski definition) is 0. The molecule has 0 amide bonds. The number of hydrogen-bond acceptors (Lipinski definition) is 3. The highest BCUT2D eigenvalue weighted by Gasteiger charge is 2.13. The first kappa shape index (κ1) is 11.0. The quantitative estimate of drug-likeness (QED) is 0.807. The van der Waals surface area contributed by atoms with E-state index in [0.29, 0.717) is 0 Å². The second kappa shape index (κ2) is 4.58. The van der Waals surface area contributed by atoms with Crippen molar-refractivity contribution in [3.8, 4) is 22.6 Å². The van der Waals surface area contributed by atoms with Crippen LogP contribution in [0, 0.1) is 12.3 Å². The van der Waals surface area contributed by atoms with E-state index < -0.39 is 0 Å². The average Bonchev–Trinajstić information content (AvgIpc) is 2.74. The molecule has 0 spiro atoms. The average molecular weight is 233 g/mol. The number of aryl methyl sites for hydroxylation is 1. The lowest BCUT2D eigenvalue weighted by molar-refractivity contribution is 0.356. The molecule has 1 heterocycles. The SMILES string of the molecule is COc1cccc(-c2cs[c]c2C)c1OC. The van der Waals surface area contributed by atoms with E-state index in [-0.39, 0.29) is 0 Å². The maximum atomic E-state index is 5.41. The minimum Gasteiger partial charge on any atom is -0.493 e. The monoisotopic (exact) mass is 233 g/mol. The highest BCUT2D eigenvalue weighted by atomic mass is 32.1. The minimum absolute atomic E-state index is 0.755. The van der Waals surface area contributed by atoms with Crippen molar-refractivity contribution in [3.63, 3.8) is 0 Å². The zero-order valence-electron chi connectivity index (χ0n) is 9.53. The summed E-state index contributed by atoms with van der Waals surface area (Å²) >= 11 is 1.57. The molecule has 0 aliphatic carbocycles. The molecular formula is C13H13O2S. The number of para-hydroxylation sites is 1. The van der Waals surface area contributed by atoms with E-state index in [4.69, 9.17) is 9.47 Å². The molecule has 16 heavy (non-hydrogen) atoms. The van der Waals surface area contributed by atoms with Gasteiger partial charge in [0.2, 0.25) is 0 Å². The number of methoxy groups -OCH3 is 2. The van der Waals surface area contributed by atoms with Crippen LogP contribution < -0.4 is 9.47 Å². The van der Waals surface area contributed by atoms with E-state index in [2.05, 4.69) is 10.8 Å². The first-order valence-corrected chi connectivity index (χ1v) is 5.83. The van der Waals surface area contributed by atoms with E-state index in [1.165, 1.54) is 0 Å². The third-order valence-electron chi connectivity index (χ3n) is 2.49. The molecule has 0 saturated carbocycles. The molecule has 0 aliphatic heterocycles. The fourth-order valence-electron chi connectivity index (χ4n) is 1.68. The number of benzene rings is 1. The van der Waals surface area contributed by atoms with Crippen LogP contribution in [0.5, 0.6) is 11.5 Å². The van der Waals surface area contributed by atoms with Gasteiger partial charge in [-0.1, -0.05) is 12.1 Å². The molecule has 0 aliphatic rings. The van der Waals surface area contributed by atoms with Crippen molar-refractivity contribution in [2.75, 3.05) is 14.2 Å². The molecule has 0 fully saturated rings. The van der Waals surface area contributed by atoms with Crippen LogP contribution in [0.1, 0.15) is 5.56 Å². The zero-order valence-corrected chi connectivity index (χ0v) is 10.4. The summed E-state index contributed by atoms with van der Waals surface area (Å²) in [6, 6.07) is 5.89. The molecule has 1 aromatic heterocycles. The molecule has 2 rings (SSSR count). The second-order valence-corrected chi connectivity index (χ2v) is 4.09. The van der Waals surface area contributed by atoms with Crippen molar-refractivity contribution < 1.29 is 9.47 Å². The third-order valence-corrected chi connectivity index (χ3v) is 3.26. The fourth-order valence-corrected chi connectivity index (χ4v) is 2.45. The van der Waals surface area contributed by atoms with Gasteiger partial charge < -0.3 is 9.47 Å². The van der Waals surface area contributed by atoms with Crippen molar-refractivity contribution in [2.24, 2.45) is 0 Å². The van der Waals surface area contributed by atoms with Gasteiger partial charge in [-0.15, -0.1) is 11.3 Å². The van der Waals surface area contributed by atoms with Crippen LogP contribution in [0.2, 0.25) is 0 Å². The molecule has 0 N–H and O–H groups in total.